The lowest BCUT2D eigenvalue weighted by atomic mass is 10.1. The molecule has 0 saturated carbocycles. The number of carbonyl (C=O) groups excluding carboxylic acids is 1. The number of ether oxygens (including phenoxy) is 1. The highest BCUT2D eigenvalue weighted by Gasteiger charge is 2.28. The molecule has 2 aromatic rings. The Kier molecular flexibility index (Phi) is 5.58. The van der Waals surface area contributed by atoms with E-state index in [0.717, 1.165) is 9.13 Å². The van der Waals surface area contributed by atoms with E-state index in [-0.39, 0.29) is 23.4 Å². The van der Waals surface area contributed by atoms with Gasteiger partial charge in [-0.05, 0) is 46.4 Å². The standard InChI is InChI=1S/C17H16IN3O4S/c1-25-14(11-5-3-2-4-6-11)10-19-17(22)16-20-13-8-7-12(18)9-15(13)26(23,24)21-16/h2-9,14H,10H2,1H3,(H,19,22)(H,20,21). The second-order valence-electron chi connectivity index (χ2n) is 5.53. The van der Waals surface area contributed by atoms with Gasteiger partial charge in [0.05, 0.1) is 11.8 Å². The number of methoxy groups -OCH3 is 1. The minimum absolute atomic E-state index is 0.0556. The lowest BCUT2D eigenvalue weighted by Gasteiger charge is -2.20. The molecule has 26 heavy (non-hydrogen) atoms. The fourth-order valence-corrected chi connectivity index (χ4v) is 4.35. The van der Waals surface area contributed by atoms with Gasteiger partial charge in [-0.3, -0.25) is 4.79 Å². The smallest absolute Gasteiger partial charge is 0.288 e. The van der Waals surface area contributed by atoms with Crippen molar-refractivity contribution in [2.45, 2.75) is 11.0 Å². The number of nitrogens with one attached hydrogen (secondary N) is 2. The number of halogens is 1. The van der Waals surface area contributed by atoms with Gasteiger partial charge >= 0.3 is 0 Å². The molecule has 0 fully saturated rings. The lowest BCUT2D eigenvalue weighted by molar-refractivity contribution is -0.115. The normalized spacial score (nSPS) is 16.0. The molecular weight excluding hydrogens is 469 g/mol. The summed E-state index contributed by atoms with van der Waals surface area (Å²) >= 11 is 2.02. The number of benzene rings is 2. The summed E-state index contributed by atoms with van der Waals surface area (Å²) in [5.41, 5.74) is 1.23. The molecule has 0 aromatic heterocycles. The predicted octanol–water partition coefficient (Wildman–Crippen LogP) is 2.31. The minimum atomic E-state index is -3.93. The molecule has 0 bridgehead atoms. The van der Waals surface area contributed by atoms with Crippen molar-refractivity contribution in [2.75, 3.05) is 19.0 Å². The van der Waals surface area contributed by atoms with E-state index in [1.807, 2.05) is 52.9 Å². The lowest BCUT2D eigenvalue weighted by Crippen LogP contribution is -2.40. The highest BCUT2D eigenvalue weighted by Crippen LogP contribution is 2.28. The maximum Gasteiger partial charge on any atom is 0.288 e. The molecule has 0 spiro atoms. The van der Waals surface area contributed by atoms with Crippen molar-refractivity contribution in [3.63, 3.8) is 0 Å². The quantitative estimate of drug-likeness (QED) is 0.634. The van der Waals surface area contributed by atoms with Gasteiger partial charge in [-0.15, -0.1) is 4.40 Å². The summed E-state index contributed by atoms with van der Waals surface area (Å²) in [6.45, 7) is 0.180. The Morgan fingerprint density at radius 3 is 2.69 bits per heavy atom. The van der Waals surface area contributed by atoms with Crippen molar-refractivity contribution in [3.8, 4) is 0 Å². The highest BCUT2D eigenvalue weighted by molar-refractivity contribution is 14.1. The molecule has 2 aromatic carbocycles. The maximum atomic E-state index is 12.4. The van der Waals surface area contributed by atoms with Crippen LogP contribution in [0.3, 0.4) is 0 Å². The third-order valence-electron chi connectivity index (χ3n) is 3.81. The molecule has 0 saturated heterocycles. The Balaban J connectivity index is 1.75. The monoisotopic (exact) mass is 485 g/mol. The predicted molar refractivity (Wildman–Crippen MR) is 107 cm³/mol. The molecule has 1 atom stereocenters. The van der Waals surface area contributed by atoms with Gasteiger partial charge in [0.1, 0.15) is 4.90 Å². The number of amidine groups is 1. The van der Waals surface area contributed by atoms with Crippen molar-refractivity contribution < 1.29 is 17.9 Å². The Bertz CT molecular complexity index is 961. The van der Waals surface area contributed by atoms with Crippen LogP contribution in [0, 0.1) is 3.57 Å². The third kappa shape index (κ3) is 4.05. The van der Waals surface area contributed by atoms with Crippen LogP contribution >= 0.6 is 22.6 Å². The molecule has 1 unspecified atom stereocenters. The van der Waals surface area contributed by atoms with Crippen molar-refractivity contribution in [1.82, 2.24) is 5.32 Å². The number of sulfonamides is 1. The Hall–Kier alpha value is -1.98. The molecule has 1 heterocycles. The first-order valence-corrected chi connectivity index (χ1v) is 10.2. The van der Waals surface area contributed by atoms with Gasteiger partial charge in [0, 0.05) is 17.2 Å². The van der Waals surface area contributed by atoms with Crippen LogP contribution in [-0.4, -0.2) is 33.8 Å². The maximum absolute atomic E-state index is 12.4. The van der Waals surface area contributed by atoms with Crippen LogP contribution in [0.25, 0.3) is 0 Å². The molecule has 3 rings (SSSR count). The van der Waals surface area contributed by atoms with E-state index in [1.165, 1.54) is 6.07 Å². The number of fused-ring (bicyclic) bond motifs is 1. The molecule has 2 N–H and O–H groups in total. The molecular formula is C17H16IN3O4S. The summed E-state index contributed by atoms with van der Waals surface area (Å²) in [5, 5.41) is 5.43. The third-order valence-corrected chi connectivity index (χ3v) is 5.79. The van der Waals surface area contributed by atoms with Gasteiger partial charge in [-0.2, -0.15) is 8.42 Å². The fraction of sp³-hybridized carbons (Fsp3) is 0.176. The zero-order valence-electron chi connectivity index (χ0n) is 13.8. The van der Waals surface area contributed by atoms with Gasteiger partial charge in [0.2, 0.25) is 5.84 Å². The van der Waals surface area contributed by atoms with Crippen LogP contribution in [0.15, 0.2) is 57.8 Å². The molecule has 0 aliphatic carbocycles. The second kappa shape index (κ2) is 7.72. The number of anilines is 1. The first-order valence-electron chi connectivity index (χ1n) is 7.68. The number of hydrogen-bond donors (Lipinski definition) is 2. The van der Waals surface area contributed by atoms with Crippen molar-refractivity contribution >= 4 is 50.0 Å². The largest absolute Gasteiger partial charge is 0.375 e. The van der Waals surface area contributed by atoms with Gasteiger partial charge < -0.3 is 15.4 Å². The Labute approximate surface area is 165 Å². The summed E-state index contributed by atoms with van der Waals surface area (Å²) < 4.78 is 34.4. The molecule has 1 amide bonds. The average molecular weight is 485 g/mol. The Morgan fingerprint density at radius 1 is 1.27 bits per heavy atom. The molecule has 1 aliphatic heterocycles. The van der Waals surface area contributed by atoms with Crippen LogP contribution < -0.4 is 10.6 Å². The number of rotatable bonds is 5. The van der Waals surface area contributed by atoms with Crippen LogP contribution in [0.5, 0.6) is 0 Å². The van der Waals surface area contributed by atoms with Crippen molar-refractivity contribution in [3.05, 3.63) is 57.7 Å². The van der Waals surface area contributed by atoms with E-state index in [4.69, 9.17) is 4.74 Å². The van der Waals surface area contributed by atoms with Crippen LogP contribution in [-0.2, 0) is 19.6 Å². The molecule has 9 heteroatoms. The second-order valence-corrected chi connectivity index (χ2v) is 8.34. The van der Waals surface area contributed by atoms with Gasteiger partial charge in [0.25, 0.3) is 15.9 Å². The van der Waals surface area contributed by atoms with E-state index in [2.05, 4.69) is 15.0 Å². The number of amides is 1. The molecule has 1 aliphatic rings. The van der Waals surface area contributed by atoms with E-state index in [9.17, 15) is 13.2 Å². The molecule has 0 radical (unpaired) electrons. The zero-order chi connectivity index (χ0) is 18.7. The van der Waals surface area contributed by atoms with Crippen molar-refractivity contribution in [2.24, 2.45) is 4.40 Å². The number of carbonyl (C=O) groups is 1. The summed E-state index contributed by atoms with van der Waals surface area (Å²) in [6, 6.07) is 14.3. The fourth-order valence-electron chi connectivity index (χ4n) is 2.50. The first-order chi connectivity index (χ1) is 12.4. The van der Waals surface area contributed by atoms with Gasteiger partial charge in [-0.1, -0.05) is 30.3 Å². The van der Waals surface area contributed by atoms with E-state index >= 15 is 0 Å². The summed E-state index contributed by atoms with van der Waals surface area (Å²) in [6.07, 6.45) is -0.352. The van der Waals surface area contributed by atoms with E-state index < -0.39 is 15.9 Å². The van der Waals surface area contributed by atoms with E-state index in [1.54, 1.807) is 19.2 Å². The molecule has 7 nitrogen and oxygen atoms in total. The zero-order valence-corrected chi connectivity index (χ0v) is 16.7. The van der Waals surface area contributed by atoms with Crippen LogP contribution in [0.4, 0.5) is 5.69 Å². The van der Waals surface area contributed by atoms with Crippen LogP contribution in [0.2, 0.25) is 0 Å². The summed E-state index contributed by atoms with van der Waals surface area (Å²) in [4.78, 5) is 12.4. The van der Waals surface area contributed by atoms with E-state index in [0.29, 0.717) is 5.69 Å². The topological polar surface area (TPSA) is 96.9 Å². The Morgan fingerprint density at radius 2 is 2.00 bits per heavy atom. The number of hydrogen-bond acceptors (Lipinski definition) is 5. The molecule has 136 valence electrons. The van der Waals surface area contributed by atoms with Gasteiger partial charge in [0.15, 0.2) is 0 Å². The van der Waals surface area contributed by atoms with Gasteiger partial charge in [-0.25, -0.2) is 0 Å². The SMILES string of the molecule is COC(CNC(=O)C1=NS(=O)(=O)c2cc(I)ccc2N1)c1ccccc1. The summed E-state index contributed by atoms with van der Waals surface area (Å²) in [5.74, 6) is -0.877. The summed E-state index contributed by atoms with van der Waals surface area (Å²) in [7, 11) is -2.38. The average Bonchev–Trinajstić information content (AvgIpc) is 2.63. The minimum Gasteiger partial charge on any atom is -0.375 e. The first kappa shape index (κ1) is 18.8. The highest BCUT2D eigenvalue weighted by atomic mass is 127. The van der Waals surface area contributed by atoms with Crippen molar-refractivity contribution in [1.29, 1.82) is 0 Å². The van der Waals surface area contributed by atoms with Crippen LogP contribution in [0.1, 0.15) is 11.7 Å². The number of nitrogens with zero attached hydrogens (tertiary/aromatic N) is 1.